The maximum absolute atomic E-state index is 5.83. The molecule has 0 aliphatic rings. The molecule has 2 aromatic rings. The van der Waals surface area contributed by atoms with Crippen molar-refractivity contribution in [3.63, 3.8) is 0 Å². The Morgan fingerprint density at radius 1 is 1.18 bits per heavy atom. The van der Waals surface area contributed by atoms with Gasteiger partial charge in [0, 0.05) is 10.5 Å². The zero-order valence-corrected chi connectivity index (χ0v) is 11.7. The first kappa shape index (κ1) is 12.3. The summed E-state index contributed by atoms with van der Waals surface area (Å²) in [5.74, 6) is 1.76. The minimum atomic E-state index is 0.376. The van der Waals surface area contributed by atoms with Gasteiger partial charge in [-0.2, -0.15) is 4.98 Å². The van der Waals surface area contributed by atoms with Gasteiger partial charge in [-0.25, -0.2) is 4.98 Å². The van der Waals surface area contributed by atoms with Crippen LogP contribution in [0.3, 0.4) is 0 Å². The smallest absolute Gasteiger partial charge is 0.224 e. The van der Waals surface area contributed by atoms with Gasteiger partial charge >= 0.3 is 0 Å². The van der Waals surface area contributed by atoms with Crippen molar-refractivity contribution in [2.24, 2.45) is 0 Å². The van der Waals surface area contributed by atoms with Crippen LogP contribution in [0, 0.1) is 13.8 Å². The monoisotopic (exact) mass is 312 g/mol. The second-order valence-corrected chi connectivity index (χ2v) is 4.83. The van der Waals surface area contributed by atoms with Crippen LogP contribution < -0.4 is 4.74 Å². The first-order chi connectivity index (χ1) is 8.04. The van der Waals surface area contributed by atoms with Crippen molar-refractivity contribution in [3.8, 4) is 11.6 Å². The number of ether oxygens (including phenoxy) is 1. The predicted molar refractivity (Wildman–Crippen MR) is 70.7 cm³/mol. The summed E-state index contributed by atoms with van der Waals surface area (Å²) in [6.45, 7) is 3.76. The fourth-order valence-electron chi connectivity index (χ4n) is 1.36. The van der Waals surface area contributed by atoms with E-state index in [-0.39, 0.29) is 0 Å². The van der Waals surface area contributed by atoms with Crippen molar-refractivity contribution in [2.75, 3.05) is 0 Å². The summed E-state index contributed by atoms with van der Waals surface area (Å²) in [5.41, 5.74) is 1.10. The average molecular weight is 314 g/mol. The van der Waals surface area contributed by atoms with Gasteiger partial charge in [0.2, 0.25) is 5.88 Å². The Labute approximate surface area is 113 Å². The Morgan fingerprint density at radius 3 is 2.59 bits per heavy atom. The third-order valence-corrected chi connectivity index (χ3v) is 3.22. The van der Waals surface area contributed by atoms with Gasteiger partial charge in [0.1, 0.15) is 16.7 Å². The molecule has 0 saturated carbocycles. The normalized spacial score (nSPS) is 10.4. The molecule has 2 rings (SSSR count). The number of benzene rings is 1. The van der Waals surface area contributed by atoms with Gasteiger partial charge in [0.25, 0.3) is 0 Å². The Balaban J connectivity index is 2.28. The van der Waals surface area contributed by atoms with Gasteiger partial charge in [-0.1, -0.05) is 27.5 Å². The van der Waals surface area contributed by atoms with E-state index >= 15 is 0 Å². The molecule has 0 N–H and O–H groups in total. The Morgan fingerprint density at radius 2 is 1.94 bits per heavy atom. The molecule has 3 nitrogen and oxygen atoms in total. The average Bonchev–Trinajstić information content (AvgIpc) is 2.22. The summed E-state index contributed by atoms with van der Waals surface area (Å²) in [4.78, 5) is 8.13. The van der Waals surface area contributed by atoms with Gasteiger partial charge in [-0.3, -0.25) is 0 Å². The van der Waals surface area contributed by atoms with Crippen LogP contribution in [-0.2, 0) is 0 Å². The van der Waals surface area contributed by atoms with E-state index in [2.05, 4.69) is 25.9 Å². The van der Waals surface area contributed by atoms with Crippen molar-refractivity contribution >= 4 is 27.5 Å². The molecule has 0 amide bonds. The first-order valence-electron chi connectivity index (χ1n) is 5.00. The minimum absolute atomic E-state index is 0.376. The van der Waals surface area contributed by atoms with E-state index in [0.717, 1.165) is 15.8 Å². The van der Waals surface area contributed by atoms with E-state index in [4.69, 9.17) is 16.3 Å². The molecule has 88 valence electrons. The lowest BCUT2D eigenvalue weighted by Gasteiger charge is -2.07. The number of hydrogen-bond donors (Lipinski definition) is 0. The SMILES string of the molecule is Cc1nc(Cl)cc(Oc2ccc(Br)c(C)c2)n1. The highest BCUT2D eigenvalue weighted by atomic mass is 79.9. The van der Waals surface area contributed by atoms with Gasteiger partial charge in [-0.15, -0.1) is 0 Å². The van der Waals surface area contributed by atoms with E-state index < -0.39 is 0 Å². The molecule has 17 heavy (non-hydrogen) atoms. The van der Waals surface area contributed by atoms with Crippen LogP contribution in [0.25, 0.3) is 0 Å². The third kappa shape index (κ3) is 3.17. The zero-order chi connectivity index (χ0) is 12.4. The van der Waals surface area contributed by atoms with E-state index in [1.165, 1.54) is 0 Å². The van der Waals surface area contributed by atoms with Crippen LogP contribution in [0.5, 0.6) is 11.6 Å². The van der Waals surface area contributed by atoms with Crippen LogP contribution >= 0.6 is 27.5 Å². The molecule has 0 saturated heterocycles. The molecule has 0 aliphatic heterocycles. The number of hydrogen-bond acceptors (Lipinski definition) is 3. The summed E-state index contributed by atoms with van der Waals surface area (Å²) in [6.07, 6.45) is 0. The minimum Gasteiger partial charge on any atom is -0.439 e. The predicted octanol–water partition coefficient (Wildman–Crippen LogP) is 4.30. The fourth-order valence-corrected chi connectivity index (χ4v) is 1.82. The summed E-state index contributed by atoms with van der Waals surface area (Å²) in [5, 5.41) is 0.376. The lowest BCUT2D eigenvalue weighted by Crippen LogP contribution is -1.93. The molecule has 0 fully saturated rings. The third-order valence-electron chi connectivity index (χ3n) is 2.14. The highest BCUT2D eigenvalue weighted by molar-refractivity contribution is 9.10. The van der Waals surface area contributed by atoms with Crippen molar-refractivity contribution in [1.29, 1.82) is 0 Å². The highest BCUT2D eigenvalue weighted by Crippen LogP contribution is 2.26. The summed E-state index contributed by atoms with van der Waals surface area (Å²) in [6, 6.07) is 7.31. The Hall–Kier alpha value is -1.13. The van der Waals surface area contributed by atoms with Crippen molar-refractivity contribution < 1.29 is 4.74 Å². The lowest BCUT2D eigenvalue weighted by molar-refractivity contribution is 0.459. The van der Waals surface area contributed by atoms with E-state index in [1.54, 1.807) is 13.0 Å². The van der Waals surface area contributed by atoms with E-state index in [0.29, 0.717) is 16.9 Å². The van der Waals surface area contributed by atoms with Gasteiger partial charge in [0.15, 0.2) is 0 Å². The largest absolute Gasteiger partial charge is 0.439 e. The van der Waals surface area contributed by atoms with Gasteiger partial charge < -0.3 is 4.74 Å². The second kappa shape index (κ2) is 5.02. The van der Waals surface area contributed by atoms with Gasteiger partial charge in [0.05, 0.1) is 0 Å². The number of aryl methyl sites for hydroxylation is 2. The van der Waals surface area contributed by atoms with E-state index in [9.17, 15) is 0 Å². The van der Waals surface area contributed by atoms with Crippen LogP contribution in [0.4, 0.5) is 0 Å². The first-order valence-corrected chi connectivity index (χ1v) is 6.17. The molecule has 0 aliphatic carbocycles. The molecular formula is C12H10BrClN2O. The van der Waals surface area contributed by atoms with Crippen LogP contribution in [0.1, 0.15) is 11.4 Å². The molecule has 0 radical (unpaired) electrons. The number of aromatic nitrogens is 2. The summed E-state index contributed by atoms with van der Waals surface area (Å²) >= 11 is 9.27. The Kier molecular flexibility index (Phi) is 3.64. The molecule has 0 atom stereocenters. The number of rotatable bonds is 2. The maximum Gasteiger partial charge on any atom is 0.224 e. The lowest BCUT2D eigenvalue weighted by atomic mass is 10.2. The Bertz CT molecular complexity index is 540. The molecular weight excluding hydrogens is 304 g/mol. The fraction of sp³-hybridized carbons (Fsp3) is 0.167. The summed E-state index contributed by atoms with van der Waals surface area (Å²) in [7, 11) is 0. The molecule has 5 heteroatoms. The van der Waals surface area contributed by atoms with Crippen LogP contribution in [-0.4, -0.2) is 9.97 Å². The molecule has 1 heterocycles. The summed E-state index contributed by atoms with van der Waals surface area (Å²) < 4.78 is 6.66. The molecule has 0 bridgehead atoms. The van der Waals surface area contributed by atoms with E-state index in [1.807, 2.05) is 25.1 Å². The van der Waals surface area contributed by atoms with Crippen LogP contribution in [0.15, 0.2) is 28.7 Å². The zero-order valence-electron chi connectivity index (χ0n) is 9.37. The van der Waals surface area contributed by atoms with Gasteiger partial charge in [-0.05, 0) is 37.6 Å². The molecule has 1 aromatic heterocycles. The van der Waals surface area contributed by atoms with Crippen LogP contribution in [0.2, 0.25) is 5.15 Å². The van der Waals surface area contributed by atoms with Crippen molar-refractivity contribution in [3.05, 3.63) is 45.3 Å². The highest BCUT2D eigenvalue weighted by Gasteiger charge is 2.04. The topological polar surface area (TPSA) is 35.0 Å². The molecule has 0 spiro atoms. The molecule has 1 aromatic carbocycles. The van der Waals surface area contributed by atoms with Crippen molar-refractivity contribution in [1.82, 2.24) is 9.97 Å². The second-order valence-electron chi connectivity index (χ2n) is 3.59. The maximum atomic E-state index is 5.83. The standard InChI is InChI=1S/C12H10BrClN2O/c1-7-5-9(3-4-10(7)13)17-12-6-11(14)15-8(2)16-12/h3-6H,1-2H3. The van der Waals surface area contributed by atoms with Crippen molar-refractivity contribution in [2.45, 2.75) is 13.8 Å². The quantitative estimate of drug-likeness (QED) is 0.775. The molecule has 0 unspecified atom stereocenters. The number of nitrogens with zero attached hydrogens (tertiary/aromatic N) is 2. The number of halogens is 2.